The van der Waals surface area contributed by atoms with E-state index in [1.54, 1.807) is 0 Å². The molecule has 0 saturated carbocycles. The number of ether oxygens (including phenoxy) is 2. The van der Waals surface area contributed by atoms with E-state index in [-0.39, 0.29) is 29.7 Å². The van der Waals surface area contributed by atoms with Gasteiger partial charge in [0.25, 0.3) is 0 Å². The Balaban J connectivity index is 1.36. The molecular weight excluding hydrogens is 444 g/mol. The van der Waals surface area contributed by atoms with Gasteiger partial charge in [0.2, 0.25) is 0 Å². The minimum atomic E-state index is -1.36. The first-order chi connectivity index (χ1) is 15.9. The van der Waals surface area contributed by atoms with E-state index >= 15 is 0 Å². The lowest BCUT2D eigenvalue weighted by atomic mass is 9.98. The number of aliphatic hydroxyl groups is 2. The molecule has 172 valence electrons. The van der Waals surface area contributed by atoms with Crippen molar-refractivity contribution in [2.45, 2.75) is 18.1 Å². The van der Waals surface area contributed by atoms with Gasteiger partial charge in [-0.05, 0) is 34.4 Å². The molecule has 0 fully saturated rings. The van der Waals surface area contributed by atoms with Gasteiger partial charge in [0, 0.05) is 23.0 Å². The van der Waals surface area contributed by atoms with Crippen LogP contribution in [0.2, 0.25) is 5.02 Å². The molecular formula is C25H25ClN2O5. The highest BCUT2D eigenvalue weighted by atomic mass is 35.5. The molecule has 0 saturated heterocycles. The average Bonchev–Trinajstić information content (AvgIpc) is 3.14. The second kappa shape index (κ2) is 9.70. The summed E-state index contributed by atoms with van der Waals surface area (Å²) in [5.41, 5.74) is 10.8. The summed E-state index contributed by atoms with van der Waals surface area (Å²) >= 11 is 6.15. The maximum atomic E-state index is 12.3. The number of carbonyl (C=O) groups excluding carboxylic acids is 1. The second-order valence-corrected chi connectivity index (χ2v) is 8.24. The highest BCUT2D eigenvalue weighted by molar-refractivity contribution is 6.31. The molecule has 0 bridgehead atoms. The van der Waals surface area contributed by atoms with E-state index in [1.165, 1.54) is 19.2 Å². The largest absolute Gasteiger partial charge is 0.495 e. The summed E-state index contributed by atoms with van der Waals surface area (Å²) in [5, 5.41) is 23.5. The van der Waals surface area contributed by atoms with Crippen molar-refractivity contribution in [2.75, 3.05) is 26.0 Å². The highest BCUT2D eigenvalue weighted by Crippen LogP contribution is 2.44. The summed E-state index contributed by atoms with van der Waals surface area (Å²) in [6, 6.07) is 19.0. The standard InChI is InChI=1S/C25H25ClN2O5/c1-32-23-10-18(20(26)11-21(23)27)24(30)22(29)12-28-25(31)33-13-19-16-8-4-2-6-14(16)15-7-3-5-9-17(15)19/h2-11,19,22,24,29-30H,12-13,27H2,1H3,(H,28,31). The van der Waals surface area contributed by atoms with Crippen molar-refractivity contribution in [1.82, 2.24) is 5.32 Å². The fraction of sp³-hybridized carbons (Fsp3) is 0.240. The van der Waals surface area contributed by atoms with Crippen molar-refractivity contribution < 1.29 is 24.5 Å². The van der Waals surface area contributed by atoms with Crippen LogP contribution < -0.4 is 15.8 Å². The van der Waals surface area contributed by atoms with E-state index in [1.807, 2.05) is 36.4 Å². The fourth-order valence-corrected chi connectivity index (χ4v) is 4.43. The van der Waals surface area contributed by atoms with Gasteiger partial charge in [-0.15, -0.1) is 0 Å². The first-order valence-corrected chi connectivity index (χ1v) is 10.9. The van der Waals surface area contributed by atoms with Crippen molar-refractivity contribution in [1.29, 1.82) is 0 Å². The second-order valence-electron chi connectivity index (χ2n) is 7.83. The van der Waals surface area contributed by atoms with Crippen LogP contribution in [0.25, 0.3) is 11.1 Å². The van der Waals surface area contributed by atoms with Gasteiger partial charge in [-0.1, -0.05) is 60.1 Å². The lowest BCUT2D eigenvalue weighted by Crippen LogP contribution is -2.36. The minimum Gasteiger partial charge on any atom is -0.495 e. The van der Waals surface area contributed by atoms with E-state index in [2.05, 4.69) is 17.4 Å². The fourth-order valence-electron chi connectivity index (χ4n) is 4.14. The first-order valence-electron chi connectivity index (χ1n) is 10.5. The third-order valence-corrected chi connectivity index (χ3v) is 6.16. The van der Waals surface area contributed by atoms with Gasteiger partial charge in [-0.2, -0.15) is 0 Å². The first kappa shape index (κ1) is 22.9. The van der Waals surface area contributed by atoms with Crippen molar-refractivity contribution >= 4 is 23.4 Å². The Hall–Kier alpha value is -3.26. The van der Waals surface area contributed by atoms with Gasteiger partial charge in [0.1, 0.15) is 24.6 Å². The van der Waals surface area contributed by atoms with Crippen LogP contribution >= 0.6 is 11.6 Å². The van der Waals surface area contributed by atoms with Crippen LogP contribution in [0.15, 0.2) is 60.7 Å². The van der Waals surface area contributed by atoms with Crippen LogP contribution in [0.5, 0.6) is 5.75 Å². The van der Waals surface area contributed by atoms with Gasteiger partial charge in [0.15, 0.2) is 0 Å². The Bertz CT molecular complexity index is 1120. The molecule has 0 radical (unpaired) electrons. The molecule has 33 heavy (non-hydrogen) atoms. The number of nitrogen functional groups attached to an aromatic ring is 1. The van der Waals surface area contributed by atoms with Crippen molar-refractivity contribution in [2.24, 2.45) is 0 Å². The SMILES string of the molecule is COc1cc(C(O)C(O)CNC(=O)OCC2c3ccccc3-c3ccccc32)c(Cl)cc1N. The molecule has 0 aromatic heterocycles. The van der Waals surface area contributed by atoms with Crippen LogP contribution in [0.3, 0.4) is 0 Å². The summed E-state index contributed by atoms with van der Waals surface area (Å²) in [7, 11) is 1.44. The minimum absolute atomic E-state index is 0.0697. The zero-order valence-corrected chi connectivity index (χ0v) is 18.8. The van der Waals surface area contributed by atoms with Gasteiger partial charge in [0.05, 0.1) is 12.8 Å². The highest BCUT2D eigenvalue weighted by Gasteiger charge is 2.29. The number of halogens is 1. The zero-order chi connectivity index (χ0) is 23.5. The molecule has 7 nitrogen and oxygen atoms in total. The number of benzene rings is 3. The van der Waals surface area contributed by atoms with Crippen LogP contribution in [0.4, 0.5) is 10.5 Å². The Kier molecular flexibility index (Phi) is 6.74. The molecule has 3 aromatic carbocycles. The molecule has 8 heteroatoms. The molecule has 1 amide bonds. The summed E-state index contributed by atoms with van der Waals surface area (Å²) in [5.74, 6) is 0.254. The maximum Gasteiger partial charge on any atom is 0.407 e. The Labute approximate surface area is 196 Å². The van der Waals surface area contributed by atoms with E-state index in [0.29, 0.717) is 11.4 Å². The van der Waals surface area contributed by atoms with E-state index in [0.717, 1.165) is 22.3 Å². The van der Waals surface area contributed by atoms with Crippen LogP contribution in [0.1, 0.15) is 28.7 Å². The molecule has 0 heterocycles. The lowest BCUT2D eigenvalue weighted by Gasteiger charge is -2.21. The summed E-state index contributed by atoms with van der Waals surface area (Å²) in [6.07, 6.45) is -3.37. The Morgan fingerprint density at radius 1 is 1.09 bits per heavy atom. The maximum absolute atomic E-state index is 12.3. The number of aliphatic hydroxyl groups excluding tert-OH is 2. The lowest BCUT2D eigenvalue weighted by molar-refractivity contribution is 0.0185. The number of amides is 1. The molecule has 2 atom stereocenters. The molecule has 0 spiro atoms. The number of hydrogen-bond acceptors (Lipinski definition) is 6. The molecule has 2 unspecified atom stereocenters. The molecule has 3 aromatic rings. The predicted molar refractivity (Wildman–Crippen MR) is 126 cm³/mol. The van der Waals surface area contributed by atoms with Crippen molar-refractivity contribution in [3.05, 3.63) is 82.4 Å². The summed E-state index contributed by atoms with van der Waals surface area (Å²) in [6.45, 7) is -0.0830. The third kappa shape index (κ3) is 4.61. The number of alkyl carbamates (subject to hydrolysis) is 1. The van der Waals surface area contributed by atoms with E-state index in [4.69, 9.17) is 26.8 Å². The van der Waals surface area contributed by atoms with Crippen molar-refractivity contribution in [3.63, 3.8) is 0 Å². The number of rotatable bonds is 7. The number of nitrogens with one attached hydrogen (secondary N) is 1. The topological polar surface area (TPSA) is 114 Å². The van der Waals surface area contributed by atoms with Gasteiger partial charge < -0.3 is 30.7 Å². The van der Waals surface area contributed by atoms with Gasteiger partial charge in [-0.25, -0.2) is 4.79 Å². The van der Waals surface area contributed by atoms with Crippen molar-refractivity contribution in [3.8, 4) is 16.9 Å². The third-order valence-electron chi connectivity index (χ3n) is 5.83. The van der Waals surface area contributed by atoms with E-state index < -0.39 is 18.3 Å². The van der Waals surface area contributed by atoms with Crippen LogP contribution in [0, 0.1) is 0 Å². The molecule has 4 rings (SSSR count). The van der Waals surface area contributed by atoms with Crippen LogP contribution in [-0.4, -0.2) is 42.7 Å². The molecule has 5 N–H and O–H groups in total. The number of methoxy groups -OCH3 is 1. The number of nitrogens with two attached hydrogens (primary N) is 1. The molecule has 0 aliphatic heterocycles. The number of anilines is 1. The number of fused-ring (bicyclic) bond motifs is 3. The van der Waals surface area contributed by atoms with Gasteiger partial charge >= 0.3 is 6.09 Å². The molecule has 1 aliphatic carbocycles. The Morgan fingerprint density at radius 3 is 2.30 bits per heavy atom. The van der Waals surface area contributed by atoms with Gasteiger partial charge in [-0.3, -0.25) is 0 Å². The summed E-state index contributed by atoms with van der Waals surface area (Å²) < 4.78 is 10.6. The molecule has 1 aliphatic rings. The van der Waals surface area contributed by atoms with E-state index in [9.17, 15) is 15.0 Å². The predicted octanol–water partition coefficient (Wildman–Crippen LogP) is 3.86. The monoisotopic (exact) mass is 468 g/mol. The average molecular weight is 469 g/mol. The van der Waals surface area contributed by atoms with Crippen LogP contribution in [-0.2, 0) is 4.74 Å². The quantitative estimate of drug-likeness (QED) is 0.391. The zero-order valence-electron chi connectivity index (χ0n) is 18.0. The normalized spacial score (nSPS) is 14.2. The number of carbonyl (C=O) groups is 1. The summed E-state index contributed by atoms with van der Waals surface area (Å²) in [4.78, 5) is 12.3. The Morgan fingerprint density at radius 2 is 1.70 bits per heavy atom. The number of hydrogen-bond donors (Lipinski definition) is 4. The smallest absolute Gasteiger partial charge is 0.407 e.